The Hall–Kier alpha value is -1.48. The molecule has 0 radical (unpaired) electrons. The summed E-state index contributed by atoms with van der Waals surface area (Å²) in [6, 6.07) is 7.58. The summed E-state index contributed by atoms with van der Waals surface area (Å²) in [5.41, 5.74) is 8.42. The molecule has 3 nitrogen and oxygen atoms in total. The van der Waals surface area contributed by atoms with Crippen molar-refractivity contribution >= 4 is 17.3 Å². The number of aromatic nitrogens is 2. The van der Waals surface area contributed by atoms with Crippen LogP contribution in [0.1, 0.15) is 13.8 Å². The smallest absolute Gasteiger partial charge is 0.115 e. The average molecular weight is 250 g/mol. The lowest BCUT2D eigenvalue weighted by Gasteiger charge is -2.03. The number of hydrogen-bond acceptors (Lipinski definition) is 2. The molecule has 0 aliphatic heterocycles. The SMILES string of the molecule is CC(C)Cn1cc(N)c(-c2cccc(Cl)c2)n1. The van der Waals surface area contributed by atoms with E-state index >= 15 is 0 Å². The van der Waals surface area contributed by atoms with Crippen LogP contribution in [-0.2, 0) is 6.54 Å². The molecule has 2 N–H and O–H groups in total. The standard InChI is InChI=1S/C13H16ClN3/c1-9(2)7-17-8-12(15)13(16-17)10-4-3-5-11(14)6-10/h3-6,8-9H,7,15H2,1-2H3. The number of benzene rings is 1. The third kappa shape index (κ3) is 2.80. The fourth-order valence-electron chi connectivity index (χ4n) is 1.76. The lowest BCUT2D eigenvalue weighted by atomic mass is 10.1. The van der Waals surface area contributed by atoms with Gasteiger partial charge in [0.05, 0.1) is 5.69 Å². The monoisotopic (exact) mass is 249 g/mol. The van der Waals surface area contributed by atoms with Crippen LogP contribution >= 0.6 is 11.6 Å². The summed E-state index contributed by atoms with van der Waals surface area (Å²) < 4.78 is 1.89. The van der Waals surface area contributed by atoms with Gasteiger partial charge in [0.1, 0.15) is 5.69 Å². The van der Waals surface area contributed by atoms with Gasteiger partial charge in [-0.25, -0.2) is 0 Å². The second-order valence-electron chi connectivity index (χ2n) is 4.56. The number of halogens is 1. The lowest BCUT2D eigenvalue weighted by Crippen LogP contribution is -2.04. The van der Waals surface area contributed by atoms with Crippen molar-refractivity contribution in [2.45, 2.75) is 20.4 Å². The Bertz CT molecular complexity index is 517. The van der Waals surface area contributed by atoms with E-state index < -0.39 is 0 Å². The number of rotatable bonds is 3. The van der Waals surface area contributed by atoms with Crippen molar-refractivity contribution in [1.82, 2.24) is 9.78 Å². The molecule has 4 heteroatoms. The van der Waals surface area contributed by atoms with Crippen LogP contribution in [-0.4, -0.2) is 9.78 Å². The second-order valence-corrected chi connectivity index (χ2v) is 5.00. The maximum atomic E-state index is 5.97. The highest BCUT2D eigenvalue weighted by Crippen LogP contribution is 2.26. The number of nitrogens with two attached hydrogens (primary N) is 1. The van der Waals surface area contributed by atoms with Crippen LogP contribution < -0.4 is 5.73 Å². The highest BCUT2D eigenvalue weighted by molar-refractivity contribution is 6.30. The summed E-state index contributed by atoms with van der Waals surface area (Å²) in [5, 5.41) is 5.19. The van der Waals surface area contributed by atoms with Gasteiger partial charge < -0.3 is 5.73 Å². The third-order valence-corrected chi connectivity index (χ3v) is 2.68. The maximum absolute atomic E-state index is 5.97. The van der Waals surface area contributed by atoms with Crippen molar-refractivity contribution in [2.24, 2.45) is 5.92 Å². The molecule has 0 aliphatic rings. The molecule has 1 heterocycles. The van der Waals surface area contributed by atoms with Gasteiger partial charge in [-0.05, 0) is 18.1 Å². The van der Waals surface area contributed by atoms with Crippen molar-refractivity contribution in [3.05, 3.63) is 35.5 Å². The van der Waals surface area contributed by atoms with Crippen LogP contribution in [0, 0.1) is 5.92 Å². The fraction of sp³-hybridized carbons (Fsp3) is 0.308. The molecule has 0 atom stereocenters. The Morgan fingerprint density at radius 2 is 2.18 bits per heavy atom. The van der Waals surface area contributed by atoms with Crippen molar-refractivity contribution < 1.29 is 0 Å². The van der Waals surface area contributed by atoms with Crippen LogP contribution in [0.15, 0.2) is 30.5 Å². The summed E-state index contributed by atoms with van der Waals surface area (Å²) in [5.74, 6) is 0.543. The van der Waals surface area contributed by atoms with Gasteiger partial charge in [0, 0.05) is 23.3 Å². The van der Waals surface area contributed by atoms with Crippen LogP contribution in [0.2, 0.25) is 5.02 Å². The Morgan fingerprint density at radius 3 is 2.82 bits per heavy atom. The van der Waals surface area contributed by atoms with Gasteiger partial charge in [-0.2, -0.15) is 5.10 Å². The first kappa shape index (κ1) is 12.0. The van der Waals surface area contributed by atoms with Gasteiger partial charge in [-0.3, -0.25) is 4.68 Å². The van der Waals surface area contributed by atoms with E-state index in [4.69, 9.17) is 17.3 Å². The largest absolute Gasteiger partial charge is 0.396 e. The Morgan fingerprint density at radius 1 is 1.41 bits per heavy atom. The number of nitrogen functional groups attached to an aromatic ring is 1. The van der Waals surface area contributed by atoms with Gasteiger partial charge in [0.25, 0.3) is 0 Å². The van der Waals surface area contributed by atoms with Crippen LogP contribution in [0.4, 0.5) is 5.69 Å². The van der Waals surface area contributed by atoms with Gasteiger partial charge >= 0.3 is 0 Å². The van der Waals surface area contributed by atoms with Gasteiger partial charge in [0.15, 0.2) is 0 Å². The zero-order valence-corrected chi connectivity index (χ0v) is 10.8. The highest BCUT2D eigenvalue weighted by atomic mass is 35.5. The first-order valence-corrected chi connectivity index (χ1v) is 6.03. The minimum Gasteiger partial charge on any atom is -0.396 e. The van der Waals surface area contributed by atoms with E-state index in [1.54, 1.807) is 0 Å². The molecule has 90 valence electrons. The zero-order chi connectivity index (χ0) is 12.4. The van der Waals surface area contributed by atoms with E-state index in [1.165, 1.54) is 0 Å². The molecule has 0 spiro atoms. The van der Waals surface area contributed by atoms with Crippen molar-refractivity contribution in [2.75, 3.05) is 5.73 Å². The molecule has 17 heavy (non-hydrogen) atoms. The topological polar surface area (TPSA) is 43.8 Å². The number of anilines is 1. The van der Waals surface area contributed by atoms with Crippen LogP contribution in [0.3, 0.4) is 0 Å². The first-order valence-electron chi connectivity index (χ1n) is 5.65. The minimum absolute atomic E-state index is 0.543. The van der Waals surface area contributed by atoms with E-state index in [1.807, 2.05) is 35.1 Å². The maximum Gasteiger partial charge on any atom is 0.115 e. The van der Waals surface area contributed by atoms with E-state index in [9.17, 15) is 0 Å². The molecular weight excluding hydrogens is 234 g/mol. The molecular formula is C13H16ClN3. The molecule has 0 fully saturated rings. The van der Waals surface area contributed by atoms with E-state index in [0.717, 1.165) is 17.8 Å². The summed E-state index contributed by atoms with van der Waals surface area (Å²) in [6.45, 7) is 5.17. The Balaban J connectivity index is 2.36. The number of nitrogens with zero attached hydrogens (tertiary/aromatic N) is 2. The molecule has 0 saturated carbocycles. The quantitative estimate of drug-likeness (QED) is 0.906. The van der Waals surface area contributed by atoms with Gasteiger partial charge in [-0.15, -0.1) is 0 Å². The van der Waals surface area contributed by atoms with Crippen molar-refractivity contribution in [3.63, 3.8) is 0 Å². The second kappa shape index (κ2) is 4.80. The minimum atomic E-state index is 0.543. The van der Waals surface area contributed by atoms with E-state index in [2.05, 4.69) is 18.9 Å². The Kier molecular flexibility index (Phi) is 3.38. The summed E-state index contributed by atoms with van der Waals surface area (Å²) in [4.78, 5) is 0. The molecule has 2 aromatic rings. The molecule has 0 bridgehead atoms. The van der Waals surface area contributed by atoms with Gasteiger partial charge in [-0.1, -0.05) is 37.6 Å². The Labute approximate surface area is 106 Å². The molecule has 1 aromatic heterocycles. The summed E-state index contributed by atoms with van der Waals surface area (Å²) in [6.07, 6.45) is 1.87. The van der Waals surface area contributed by atoms with Gasteiger partial charge in [0.2, 0.25) is 0 Å². The average Bonchev–Trinajstić information content (AvgIpc) is 2.58. The van der Waals surface area contributed by atoms with Crippen molar-refractivity contribution in [1.29, 1.82) is 0 Å². The lowest BCUT2D eigenvalue weighted by molar-refractivity contribution is 0.484. The molecule has 0 amide bonds. The number of hydrogen-bond donors (Lipinski definition) is 1. The highest BCUT2D eigenvalue weighted by Gasteiger charge is 2.09. The predicted molar refractivity (Wildman–Crippen MR) is 71.9 cm³/mol. The summed E-state index contributed by atoms with van der Waals surface area (Å²) >= 11 is 5.96. The molecule has 0 aliphatic carbocycles. The first-order chi connectivity index (χ1) is 8.06. The summed E-state index contributed by atoms with van der Waals surface area (Å²) in [7, 11) is 0. The van der Waals surface area contributed by atoms with Crippen LogP contribution in [0.25, 0.3) is 11.3 Å². The fourth-order valence-corrected chi connectivity index (χ4v) is 1.95. The van der Waals surface area contributed by atoms with E-state index in [0.29, 0.717) is 16.6 Å². The van der Waals surface area contributed by atoms with Crippen molar-refractivity contribution in [3.8, 4) is 11.3 Å². The molecule has 2 rings (SSSR count). The molecule has 0 saturated heterocycles. The van der Waals surface area contributed by atoms with E-state index in [-0.39, 0.29) is 0 Å². The van der Waals surface area contributed by atoms with Crippen LogP contribution in [0.5, 0.6) is 0 Å². The third-order valence-electron chi connectivity index (χ3n) is 2.44. The zero-order valence-electron chi connectivity index (χ0n) is 10.0. The predicted octanol–water partition coefficient (Wildman–Crippen LogP) is 3.44. The molecule has 0 unspecified atom stereocenters. The molecule has 1 aromatic carbocycles. The normalized spacial score (nSPS) is 11.1.